The molecule has 0 spiro atoms. The van der Waals surface area contributed by atoms with Crippen LogP contribution in [0, 0.1) is 5.92 Å². The number of aryl methyl sites for hydroxylation is 1. The van der Waals surface area contributed by atoms with E-state index in [4.69, 9.17) is 0 Å². The van der Waals surface area contributed by atoms with Gasteiger partial charge in [0.1, 0.15) is 5.75 Å². The molecule has 7 heteroatoms. The van der Waals surface area contributed by atoms with Crippen LogP contribution in [-0.2, 0) is 17.6 Å². The first-order valence-corrected chi connectivity index (χ1v) is 6.98. The summed E-state index contributed by atoms with van der Waals surface area (Å²) in [6, 6.07) is 6.00. The first-order valence-electron chi connectivity index (χ1n) is 6.98. The van der Waals surface area contributed by atoms with Crippen molar-refractivity contribution in [1.29, 1.82) is 0 Å². The van der Waals surface area contributed by atoms with Crippen LogP contribution in [0.5, 0.6) is 5.75 Å². The van der Waals surface area contributed by atoms with Crippen LogP contribution >= 0.6 is 0 Å². The lowest BCUT2D eigenvalue weighted by molar-refractivity contribution is -0.120. The second-order valence-electron chi connectivity index (χ2n) is 5.16. The van der Waals surface area contributed by atoms with Crippen molar-refractivity contribution in [3.63, 3.8) is 0 Å². The number of rotatable bonds is 4. The molecule has 22 heavy (non-hydrogen) atoms. The lowest BCUT2D eigenvalue weighted by Gasteiger charge is -2.20. The van der Waals surface area contributed by atoms with Gasteiger partial charge in [0.05, 0.1) is 12.0 Å². The minimum Gasteiger partial charge on any atom is -0.435 e. The molecule has 0 bridgehead atoms. The molecule has 1 aromatic carbocycles. The summed E-state index contributed by atoms with van der Waals surface area (Å²) in [5, 5.41) is 2.75. The van der Waals surface area contributed by atoms with Gasteiger partial charge in [-0.05, 0) is 25.0 Å². The predicted octanol–water partition coefficient (Wildman–Crippen LogP) is 2.75. The quantitative estimate of drug-likeness (QED) is 0.912. The first kappa shape index (κ1) is 14.5. The highest BCUT2D eigenvalue weighted by Gasteiger charge is 2.26. The molecule has 1 heterocycles. The molecule has 1 aliphatic carbocycles. The highest BCUT2D eigenvalue weighted by Crippen LogP contribution is 2.25. The van der Waals surface area contributed by atoms with Gasteiger partial charge in [-0.1, -0.05) is 6.07 Å². The van der Waals surface area contributed by atoms with Gasteiger partial charge in [0.2, 0.25) is 5.91 Å². The van der Waals surface area contributed by atoms with Gasteiger partial charge in [-0.3, -0.25) is 4.79 Å². The van der Waals surface area contributed by atoms with E-state index in [9.17, 15) is 13.6 Å². The average Bonchev–Trinajstić information content (AvgIpc) is 2.94. The Morgan fingerprint density at radius 2 is 2.32 bits per heavy atom. The van der Waals surface area contributed by atoms with Gasteiger partial charge < -0.3 is 15.0 Å². The summed E-state index contributed by atoms with van der Waals surface area (Å²) < 4.78 is 28.7. The minimum absolute atomic E-state index is 0.0206. The molecule has 3 rings (SSSR count). The molecule has 1 atom stereocenters. The number of H-pyrrole nitrogens is 1. The number of hydrogen-bond acceptors (Lipinski definition) is 3. The number of aromatic nitrogens is 2. The number of fused-ring (bicyclic) bond motifs is 1. The Morgan fingerprint density at radius 1 is 1.45 bits per heavy atom. The Labute approximate surface area is 125 Å². The first-order chi connectivity index (χ1) is 10.6. The molecule has 116 valence electrons. The molecule has 5 nitrogen and oxygen atoms in total. The summed E-state index contributed by atoms with van der Waals surface area (Å²) in [4.78, 5) is 19.5. The molecule has 1 amide bonds. The summed E-state index contributed by atoms with van der Waals surface area (Å²) in [7, 11) is 0. The van der Waals surface area contributed by atoms with Gasteiger partial charge in [0, 0.05) is 29.8 Å². The third-order valence-electron chi connectivity index (χ3n) is 3.69. The van der Waals surface area contributed by atoms with E-state index >= 15 is 0 Å². The molecular weight excluding hydrogens is 292 g/mol. The molecule has 1 aliphatic rings. The molecular formula is C15H15F2N3O2. The zero-order chi connectivity index (χ0) is 15.5. The van der Waals surface area contributed by atoms with Crippen LogP contribution in [0.3, 0.4) is 0 Å². The number of aromatic amines is 1. The zero-order valence-corrected chi connectivity index (χ0v) is 11.7. The number of carbonyl (C=O) groups excluding carboxylic acids is 1. The molecule has 0 saturated heterocycles. The Kier molecular flexibility index (Phi) is 4.04. The van der Waals surface area contributed by atoms with Crippen molar-refractivity contribution in [2.24, 2.45) is 5.92 Å². The number of amides is 1. The number of hydrogen-bond donors (Lipinski definition) is 2. The molecule has 1 aromatic heterocycles. The lowest BCUT2D eigenvalue weighted by atomic mass is 9.89. The van der Waals surface area contributed by atoms with E-state index in [0.29, 0.717) is 12.1 Å². The normalized spacial score (nSPS) is 17.1. The monoisotopic (exact) mass is 307 g/mol. The smallest absolute Gasteiger partial charge is 0.387 e. The SMILES string of the molecule is O=C(Nc1cccc(OC(F)F)c1)C1CCc2nc[nH]c2C1. The second kappa shape index (κ2) is 6.13. The van der Waals surface area contributed by atoms with Gasteiger partial charge in [-0.15, -0.1) is 0 Å². The van der Waals surface area contributed by atoms with E-state index in [0.717, 1.165) is 24.2 Å². The number of nitrogens with zero attached hydrogens (tertiary/aromatic N) is 1. The zero-order valence-electron chi connectivity index (χ0n) is 11.7. The van der Waals surface area contributed by atoms with E-state index in [-0.39, 0.29) is 17.6 Å². The topological polar surface area (TPSA) is 67.0 Å². The van der Waals surface area contributed by atoms with Crippen LogP contribution in [0.2, 0.25) is 0 Å². The Balaban J connectivity index is 1.65. The molecule has 0 aliphatic heterocycles. The Morgan fingerprint density at radius 3 is 3.14 bits per heavy atom. The fraction of sp³-hybridized carbons (Fsp3) is 0.333. The number of alkyl halides is 2. The third-order valence-corrected chi connectivity index (χ3v) is 3.69. The van der Waals surface area contributed by atoms with E-state index in [1.165, 1.54) is 12.1 Å². The maximum absolute atomic E-state index is 12.3. The molecule has 2 aromatic rings. The van der Waals surface area contributed by atoms with E-state index < -0.39 is 6.61 Å². The van der Waals surface area contributed by atoms with Crippen molar-refractivity contribution < 1.29 is 18.3 Å². The van der Waals surface area contributed by atoms with E-state index in [2.05, 4.69) is 20.0 Å². The fourth-order valence-electron chi connectivity index (χ4n) is 2.62. The number of benzene rings is 1. The van der Waals surface area contributed by atoms with Gasteiger partial charge >= 0.3 is 6.61 Å². The fourth-order valence-corrected chi connectivity index (χ4v) is 2.62. The molecule has 1 unspecified atom stereocenters. The van der Waals surface area contributed by atoms with Crippen LogP contribution in [-0.4, -0.2) is 22.5 Å². The predicted molar refractivity (Wildman–Crippen MR) is 75.8 cm³/mol. The summed E-state index contributed by atoms with van der Waals surface area (Å²) in [6.07, 6.45) is 3.72. The minimum atomic E-state index is -2.89. The summed E-state index contributed by atoms with van der Waals surface area (Å²) in [5.41, 5.74) is 2.44. The Bertz CT molecular complexity index is 672. The second-order valence-corrected chi connectivity index (χ2v) is 5.16. The van der Waals surface area contributed by atoms with Gasteiger partial charge in [0.15, 0.2) is 0 Å². The number of carbonyl (C=O) groups is 1. The number of halogens is 2. The van der Waals surface area contributed by atoms with Crippen LogP contribution in [0.1, 0.15) is 17.8 Å². The number of ether oxygens (including phenoxy) is 1. The lowest BCUT2D eigenvalue weighted by Crippen LogP contribution is -2.28. The van der Waals surface area contributed by atoms with Gasteiger partial charge in [-0.25, -0.2) is 4.98 Å². The van der Waals surface area contributed by atoms with Crippen LogP contribution in [0.15, 0.2) is 30.6 Å². The maximum atomic E-state index is 12.3. The van der Waals surface area contributed by atoms with Crippen molar-refractivity contribution in [2.75, 3.05) is 5.32 Å². The van der Waals surface area contributed by atoms with Crippen molar-refractivity contribution in [3.05, 3.63) is 42.0 Å². The largest absolute Gasteiger partial charge is 0.435 e. The molecule has 0 radical (unpaired) electrons. The van der Waals surface area contributed by atoms with Crippen molar-refractivity contribution in [1.82, 2.24) is 9.97 Å². The average molecular weight is 307 g/mol. The summed E-state index contributed by atoms with van der Waals surface area (Å²) in [6.45, 7) is -2.89. The summed E-state index contributed by atoms with van der Waals surface area (Å²) in [5.74, 6) is -0.269. The van der Waals surface area contributed by atoms with Gasteiger partial charge in [-0.2, -0.15) is 8.78 Å². The molecule has 2 N–H and O–H groups in total. The van der Waals surface area contributed by atoms with E-state index in [1.807, 2.05) is 0 Å². The molecule has 0 fully saturated rings. The van der Waals surface area contributed by atoms with E-state index in [1.54, 1.807) is 18.5 Å². The highest BCUT2D eigenvalue weighted by atomic mass is 19.3. The number of anilines is 1. The third kappa shape index (κ3) is 3.24. The van der Waals surface area contributed by atoms with Gasteiger partial charge in [0.25, 0.3) is 0 Å². The van der Waals surface area contributed by atoms with Crippen LogP contribution < -0.4 is 10.1 Å². The maximum Gasteiger partial charge on any atom is 0.387 e. The standard InChI is InChI=1S/C15H15F2N3O2/c16-15(17)22-11-3-1-2-10(7-11)20-14(21)9-4-5-12-13(6-9)19-8-18-12/h1-3,7-9,15H,4-6H2,(H,18,19)(H,20,21). The van der Waals surface area contributed by atoms with Crippen LogP contribution in [0.4, 0.5) is 14.5 Å². The highest BCUT2D eigenvalue weighted by molar-refractivity contribution is 5.93. The van der Waals surface area contributed by atoms with Crippen LogP contribution in [0.25, 0.3) is 0 Å². The Hall–Kier alpha value is -2.44. The number of imidazole rings is 1. The van der Waals surface area contributed by atoms with Crippen molar-refractivity contribution >= 4 is 11.6 Å². The summed E-state index contributed by atoms with van der Waals surface area (Å²) >= 11 is 0. The molecule has 0 saturated carbocycles. The number of nitrogens with one attached hydrogen (secondary N) is 2. The van der Waals surface area contributed by atoms with Crippen molar-refractivity contribution in [3.8, 4) is 5.75 Å². The van der Waals surface area contributed by atoms with Crippen molar-refractivity contribution in [2.45, 2.75) is 25.9 Å².